The number of nitrogens with zero attached hydrogens (tertiary/aromatic N) is 2. The van der Waals surface area contributed by atoms with E-state index in [1.54, 1.807) is 6.07 Å². The summed E-state index contributed by atoms with van der Waals surface area (Å²) in [7, 11) is 0. The summed E-state index contributed by atoms with van der Waals surface area (Å²) in [4.78, 5) is 8.39. The second kappa shape index (κ2) is 14.0. The number of aryl methyl sites for hydroxylation is 2. The van der Waals surface area contributed by atoms with Gasteiger partial charge in [0.1, 0.15) is 5.15 Å². The topological polar surface area (TPSA) is 111 Å². The summed E-state index contributed by atoms with van der Waals surface area (Å²) in [5.74, 6) is 1.24. The van der Waals surface area contributed by atoms with Gasteiger partial charge in [0.25, 0.3) is 0 Å². The number of hydrogen-bond acceptors (Lipinski definition) is 7. The SMILES string of the molecule is CCC(C)COc1cc(NCCN)cc(C)n1.Cc1cc(NCCN)cc(Cl)n1. The van der Waals surface area contributed by atoms with E-state index in [1.807, 2.05) is 32.0 Å². The third kappa shape index (κ3) is 10.9. The van der Waals surface area contributed by atoms with E-state index in [9.17, 15) is 0 Å². The van der Waals surface area contributed by atoms with Gasteiger partial charge < -0.3 is 26.8 Å². The van der Waals surface area contributed by atoms with Crippen LogP contribution in [0.3, 0.4) is 0 Å². The van der Waals surface area contributed by atoms with E-state index in [-0.39, 0.29) is 0 Å². The molecule has 1 unspecified atom stereocenters. The number of ether oxygens (including phenoxy) is 1. The number of pyridine rings is 2. The quantitative estimate of drug-likeness (QED) is 0.433. The molecule has 29 heavy (non-hydrogen) atoms. The molecule has 2 aromatic rings. The standard InChI is InChI=1S/C13H23N3O.C8H12ClN3/c1-4-10(2)9-17-13-8-12(15-6-5-14)7-11(3)16-13;1-6-4-7(11-3-2-10)5-8(9)12-6/h7-8,10H,4-6,9,14H2,1-3H3,(H,15,16);4-5H,2-3,10H2,1H3,(H,11,12). The second-order valence-electron chi connectivity index (χ2n) is 6.91. The predicted octanol–water partition coefficient (Wildman–Crippen LogP) is 3.60. The molecule has 0 aliphatic carbocycles. The Morgan fingerprint density at radius 3 is 2.03 bits per heavy atom. The molecule has 0 spiro atoms. The summed E-state index contributed by atoms with van der Waals surface area (Å²) in [6.07, 6.45) is 1.12. The lowest BCUT2D eigenvalue weighted by molar-refractivity contribution is 0.247. The van der Waals surface area contributed by atoms with Gasteiger partial charge in [-0.05, 0) is 38.0 Å². The molecule has 0 aromatic carbocycles. The van der Waals surface area contributed by atoms with Gasteiger partial charge in [-0.2, -0.15) is 0 Å². The maximum Gasteiger partial charge on any atom is 0.215 e. The van der Waals surface area contributed by atoms with Crippen molar-refractivity contribution in [1.82, 2.24) is 9.97 Å². The Morgan fingerprint density at radius 1 is 0.966 bits per heavy atom. The molecule has 0 fully saturated rings. The van der Waals surface area contributed by atoms with Crippen molar-refractivity contribution in [2.24, 2.45) is 17.4 Å². The van der Waals surface area contributed by atoms with Crippen molar-refractivity contribution >= 4 is 23.0 Å². The molecule has 0 aliphatic heterocycles. The van der Waals surface area contributed by atoms with Gasteiger partial charge >= 0.3 is 0 Å². The molecule has 8 heteroatoms. The van der Waals surface area contributed by atoms with Crippen LogP contribution in [0.25, 0.3) is 0 Å². The minimum absolute atomic E-state index is 0.509. The third-order valence-corrected chi connectivity index (χ3v) is 4.21. The highest BCUT2D eigenvalue weighted by Crippen LogP contribution is 2.17. The molecule has 2 heterocycles. The van der Waals surface area contributed by atoms with Crippen molar-refractivity contribution in [3.05, 3.63) is 40.8 Å². The molecule has 6 N–H and O–H groups in total. The summed E-state index contributed by atoms with van der Waals surface area (Å²) in [6, 6.07) is 7.63. The largest absolute Gasteiger partial charge is 0.477 e. The first-order valence-electron chi connectivity index (χ1n) is 10.0. The van der Waals surface area contributed by atoms with E-state index in [0.29, 0.717) is 36.6 Å². The average Bonchev–Trinajstić information content (AvgIpc) is 2.68. The van der Waals surface area contributed by atoms with E-state index in [4.69, 9.17) is 27.8 Å². The molecule has 2 rings (SSSR count). The van der Waals surface area contributed by atoms with Gasteiger partial charge in [0.05, 0.1) is 6.61 Å². The molecule has 0 saturated heterocycles. The summed E-state index contributed by atoms with van der Waals surface area (Å²) >= 11 is 5.75. The predicted molar refractivity (Wildman–Crippen MR) is 123 cm³/mol. The number of anilines is 2. The summed E-state index contributed by atoms with van der Waals surface area (Å²) in [6.45, 7) is 11.6. The van der Waals surface area contributed by atoms with Crippen LogP contribution in [0.1, 0.15) is 31.7 Å². The molecule has 2 aromatic heterocycles. The smallest absolute Gasteiger partial charge is 0.215 e. The van der Waals surface area contributed by atoms with E-state index < -0.39 is 0 Å². The van der Waals surface area contributed by atoms with Crippen molar-refractivity contribution in [1.29, 1.82) is 0 Å². The fourth-order valence-corrected chi connectivity index (χ4v) is 2.57. The molecule has 0 aliphatic rings. The third-order valence-electron chi connectivity index (χ3n) is 4.01. The highest BCUT2D eigenvalue weighted by Gasteiger charge is 2.04. The minimum atomic E-state index is 0.509. The van der Waals surface area contributed by atoms with E-state index >= 15 is 0 Å². The summed E-state index contributed by atoms with van der Waals surface area (Å²) in [5, 5.41) is 6.87. The van der Waals surface area contributed by atoms with Gasteiger partial charge in [0.15, 0.2) is 0 Å². The van der Waals surface area contributed by atoms with Gasteiger partial charge in [-0.1, -0.05) is 31.9 Å². The number of halogens is 1. The van der Waals surface area contributed by atoms with Crippen LogP contribution >= 0.6 is 11.6 Å². The lowest BCUT2D eigenvalue weighted by Crippen LogP contribution is -2.14. The Bertz CT molecular complexity index is 708. The molecular formula is C21H35ClN6O. The van der Waals surface area contributed by atoms with Crippen LogP contribution in [0, 0.1) is 19.8 Å². The number of aromatic nitrogens is 2. The molecule has 0 amide bonds. The van der Waals surface area contributed by atoms with Gasteiger partial charge in [-0.3, -0.25) is 0 Å². The van der Waals surface area contributed by atoms with Crippen LogP contribution in [-0.2, 0) is 0 Å². The van der Waals surface area contributed by atoms with Crippen molar-refractivity contribution in [2.75, 3.05) is 43.4 Å². The average molecular weight is 423 g/mol. The normalized spacial score (nSPS) is 11.3. The zero-order valence-electron chi connectivity index (χ0n) is 18.0. The Morgan fingerprint density at radius 2 is 1.52 bits per heavy atom. The van der Waals surface area contributed by atoms with E-state index in [1.165, 1.54) is 0 Å². The summed E-state index contributed by atoms with van der Waals surface area (Å²) in [5.41, 5.74) is 14.6. The molecule has 162 valence electrons. The molecule has 0 radical (unpaired) electrons. The van der Waals surface area contributed by atoms with Gasteiger partial charge in [-0.15, -0.1) is 0 Å². The van der Waals surface area contributed by atoms with Gasteiger partial charge in [-0.25, -0.2) is 9.97 Å². The lowest BCUT2D eigenvalue weighted by Gasteiger charge is -2.12. The fourth-order valence-electron chi connectivity index (χ4n) is 2.32. The number of nitrogens with one attached hydrogen (secondary N) is 2. The van der Waals surface area contributed by atoms with Gasteiger partial charge in [0.2, 0.25) is 5.88 Å². The lowest BCUT2D eigenvalue weighted by atomic mass is 10.1. The van der Waals surface area contributed by atoms with Crippen LogP contribution < -0.4 is 26.8 Å². The second-order valence-corrected chi connectivity index (χ2v) is 7.30. The van der Waals surface area contributed by atoms with Crippen LogP contribution in [0.4, 0.5) is 11.4 Å². The Labute approximate surface area is 179 Å². The highest BCUT2D eigenvalue weighted by atomic mass is 35.5. The Balaban J connectivity index is 0.000000308. The molecular weight excluding hydrogens is 388 g/mol. The number of hydrogen-bond donors (Lipinski definition) is 4. The van der Waals surface area contributed by atoms with E-state index in [2.05, 4.69) is 34.4 Å². The molecule has 0 bridgehead atoms. The first-order valence-corrected chi connectivity index (χ1v) is 10.4. The van der Waals surface area contributed by atoms with Crippen LogP contribution in [0.15, 0.2) is 24.3 Å². The first-order chi connectivity index (χ1) is 13.9. The van der Waals surface area contributed by atoms with Crippen molar-refractivity contribution in [3.8, 4) is 5.88 Å². The van der Waals surface area contributed by atoms with Crippen molar-refractivity contribution < 1.29 is 4.74 Å². The molecule has 7 nitrogen and oxygen atoms in total. The zero-order valence-corrected chi connectivity index (χ0v) is 18.7. The fraction of sp³-hybridized carbons (Fsp3) is 0.524. The maximum atomic E-state index is 5.75. The van der Waals surface area contributed by atoms with E-state index in [0.717, 1.165) is 42.3 Å². The van der Waals surface area contributed by atoms with Crippen LogP contribution in [0.2, 0.25) is 5.15 Å². The minimum Gasteiger partial charge on any atom is -0.477 e. The van der Waals surface area contributed by atoms with Crippen molar-refractivity contribution in [3.63, 3.8) is 0 Å². The Kier molecular flexibility index (Phi) is 12.0. The molecule has 1 atom stereocenters. The van der Waals surface area contributed by atoms with Crippen LogP contribution in [-0.4, -0.2) is 42.8 Å². The Hall–Kier alpha value is -2.09. The monoisotopic (exact) mass is 422 g/mol. The molecule has 0 saturated carbocycles. The van der Waals surface area contributed by atoms with Crippen molar-refractivity contribution in [2.45, 2.75) is 34.1 Å². The van der Waals surface area contributed by atoms with Crippen LogP contribution in [0.5, 0.6) is 5.88 Å². The highest BCUT2D eigenvalue weighted by molar-refractivity contribution is 6.29. The first kappa shape index (κ1) is 24.9. The summed E-state index contributed by atoms with van der Waals surface area (Å²) < 4.78 is 5.68. The maximum absolute atomic E-state index is 5.75. The number of rotatable bonds is 10. The number of nitrogens with two attached hydrogens (primary N) is 2. The zero-order chi connectivity index (χ0) is 21.6. The van der Waals surface area contributed by atoms with Gasteiger partial charge in [0, 0.05) is 55.0 Å².